The van der Waals surface area contributed by atoms with Crippen LogP contribution in [0.4, 0.5) is 0 Å². The lowest BCUT2D eigenvalue weighted by Crippen LogP contribution is -2.48. The fraction of sp³-hybridized carbons (Fsp3) is 0.857. The zero-order valence-electron chi connectivity index (χ0n) is 10.4. The van der Waals surface area contributed by atoms with E-state index in [4.69, 9.17) is 6.42 Å². The molecule has 90 valence electrons. The highest BCUT2D eigenvalue weighted by atomic mass is 15.2. The molecular formula is C14H24N2. The Morgan fingerprint density at radius 3 is 2.75 bits per heavy atom. The summed E-state index contributed by atoms with van der Waals surface area (Å²) in [6.07, 6.45) is 11.0. The highest BCUT2D eigenvalue weighted by Gasteiger charge is 2.27. The van der Waals surface area contributed by atoms with Gasteiger partial charge in [0.25, 0.3) is 0 Å². The van der Waals surface area contributed by atoms with Gasteiger partial charge in [-0.2, -0.15) is 0 Å². The first kappa shape index (κ1) is 12.0. The van der Waals surface area contributed by atoms with Gasteiger partial charge < -0.3 is 5.32 Å². The van der Waals surface area contributed by atoms with Crippen LogP contribution in [-0.2, 0) is 0 Å². The Morgan fingerprint density at radius 1 is 1.31 bits per heavy atom. The molecular weight excluding hydrogens is 196 g/mol. The van der Waals surface area contributed by atoms with Crippen molar-refractivity contribution in [3.8, 4) is 12.3 Å². The van der Waals surface area contributed by atoms with Crippen LogP contribution >= 0.6 is 0 Å². The third kappa shape index (κ3) is 3.50. The summed E-state index contributed by atoms with van der Waals surface area (Å²) in [5.41, 5.74) is 0. The smallest absolute Gasteiger partial charge is 0.0599 e. The SMILES string of the molecule is C#CCN(CC1CC1)CC1NCCCC1C. The van der Waals surface area contributed by atoms with E-state index in [-0.39, 0.29) is 0 Å². The van der Waals surface area contributed by atoms with Crippen molar-refractivity contribution in [1.29, 1.82) is 0 Å². The van der Waals surface area contributed by atoms with Gasteiger partial charge in [-0.1, -0.05) is 12.8 Å². The van der Waals surface area contributed by atoms with Crippen LogP contribution in [0.2, 0.25) is 0 Å². The Kier molecular flexibility index (Phi) is 4.26. The second kappa shape index (κ2) is 5.70. The maximum atomic E-state index is 5.45. The molecule has 0 aromatic rings. The first-order valence-corrected chi connectivity index (χ1v) is 6.69. The Balaban J connectivity index is 1.80. The Labute approximate surface area is 99.8 Å². The minimum atomic E-state index is 0.654. The molecule has 0 aromatic carbocycles. The molecule has 1 heterocycles. The number of piperidine rings is 1. The Hall–Kier alpha value is -0.520. The van der Waals surface area contributed by atoms with Crippen LogP contribution in [0, 0.1) is 24.2 Å². The molecule has 2 fully saturated rings. The Bertz CT molecular complexity index is 252. The lowest BCUT2D eigenvalue weighted by atomic mass is 9.92. The quantitative estimate of drug-likeness (QED) is 0.710. The summed E-state index contributed by atoms with van der Waals surface area (Å²) >= 11 is 0. The normalized spacial score (nSPS) is 30.3. The van der Waals surface area contributed by atoms with E-state index in [1.165, 1.54) is 38.8 Å². The summed E-state index contributed by atoms with van der Waals surface area (Å²) < 4.78 is 0. The van der Waals surface area contributed by atoms with Gasteiger partial charge in [0.05, 0.1) is 6.54 Å². The fourth-order valence-electron chi connectivity index (χ4n) is 2.63. The van der Waals surface area contributed by atoms with Crippen molar-refractivity contribution in [2.75, 3.05) is 26.2 Å². The third-order valence-corrected chi connectivity index (χ3v) is 3.91. The van der Waals surface area contributed by atoms with E-state index >= 15 is 0 Å². The molecule has 0 radical (unpaired) electrons. The molecule has 1 saturated heterocycles. The molecule has 2 rings (SSSR count). The second-order valence-electron chi connectivity index (χ2n) is 5.52. The molecule has 16 heavy (non-hydrogen) atoms. The van der Waals surface area contributed by atoms with Gasteiger partial charge in [-0.25, -0.2) is 0 Å². The molecule has 1 aliphatic carbocycles. The first-order chi connectivity index (χ1) is 7.79. The summed E-state index contributed by atoms with van der Waals surface area (Å²) in [5.74, 6) is 4.54. The predicted octanol–water partition coefficient (Wildman–Crippen LogP) is 1.72. The van der Waals surface area contributed by atoms with Gasteiger partial charge in [0.2, 0.25) is 0 Å². The van der Waals surface area contributed by atoms with Crippen LogP contribution in [-0.4, -0.2) is 37.1 Å². The van der Waals surface area contributed by atoms with Crippen LogP contribution < -0.4 is 5.32 Å². The maximum Gasteiger partial charge on any atom is 0.0599 e. The zero-order valence-corrected chi connectivity index (χ0v) is 10.4. The van der Waals surface area contributed by atoms with Gasteiger partial charge in [-0.15, -0.1) is 6.42 Å². The van der Waals surface area contributed by atoms with Crippen LogP contribution in [0.5, 0.6) is 0 Å². The maximum absolute atomic E-state index is 5.45. The average Bonchev–Trinajstić information content (AvgIpc) is 3.06. The molecule has 0 amide bonds. The van der Waals surface area contributed by atoms with E-state index < -0.39 is 0 Å². The number of nitrogens with one attached hydrogen (secondary N) is 1. The van der Waals surface area contributed by atoms with Crippen molar-refractivity contribution < 1.29 is 0 Å². The lowest BCUT2D eigenvalue weighted by Gasteiger charge is -2.34. The molecule has 0 aromatic heterocycles. The summed E-state index contributed by atoms with van der Waals surface area (Å²) in [5, 5.41) is 3.64. The predicted molar refractivity (Wildman–Crippen MR) is 68.2 cm³/mol. The van der Waals surface area contributed by atoms with Gasteiger partial charge in [0.1, 0.15) is 0 Å². The molecule has 1 N–H and O–H groups in total. The zero-order chi connectivity index (χ0) is 11.4. The molecule has 2 unspecified atom stereocenters. The molecule has 0 spiro atoms. The standard InChI is InChI=1S/C14H24N2/c1-3-9-16(10-13-6-7-13)11-14-12(2)5-4-8-15-14/h1,12-15H,4-11H2,2H3. The number of hydrogen-bond donors (Lipinski definition) is 1. The van der Waals surface area contributed by atoms with E-state index in [0.29, 0.717) is 6.04 Å². The summed E-state index contributed by atoms with van der Waals surface area (Å²) in [7, 11) is 0. The minimum absolute atomic E-state index is 0.654. The van der Waals surface area contributed by atoms with Gasteiger partial charge in [-0.3, -0.25) is 4.90 Å². The summed E-state index contributed by atoms with van der Waals surface area (Å²) in [4.78, 5) is 2.47. The van der Waals surface area contributed by atoms with Crippen LogP contribution in [0.15, 0.2) is 0 Å². The Morgan fingerprint density at radius 2 is 2.12 bits per heavy atom. The number of nitrogens with zero attached hydrogens (tertiary/aromatic N) is 1. The van der Waals surface area contributed by atoms with E-state index in [2.05, 4.69) is 23.1 Å². The minimum Gasteiger partial charge on any atom is -0.312 e. The monoisotopic (exact) mass is 220 g/mol. The van der Waals surface area contributed by atoms with E-state index in [1.807, 2.05) is 0 Å². The van der Waals surface area contributed by atoms with Gasteiger partial charge in [-0.05, 0) is 44.1 Å². The van der Waals surface area contributed by atoms with Crippen molar-refractivity contribution in [2.45, 2.75) is 38.6 Å². The van der Waals surface area contributed by atoms with E-state index in [1.54, 1.807) is 0 Å². The molecule has 2 heteroatoms. The molecule has 2 nitrogen and oxygen atoms in total. The summed E-state index contributed by atoms with van der Waals surface area (Å²) in [6, 6.07) is 0.654. The molecule has 1 saturated carbocycles. The van der Waals surface area contributed by atoms with Gasteiger partial charge in [0, 0.05) is 19.1 Å². The lowest BCUT2D eigenvalue weighted by molar-refractivity contribution is 0.200. The molecule has 2 aliphatic rings. The van der Waals surface area contributed by atoms with Crippen LogP contribution in [0.3, 0.4) is 0 Å². The van der Waals surface area contributed by atoms with Crippen molar-refractivity contribution >= 4 is 0 Å². The van der Waals surface area contributed by atoms with Crippen molar-refractivity contribution in [2.24, 2.45) is 11.8 Å². The van der Waals surface area contributed by atoms with E-state index in [9.17, 15) is 0 Å². The molecule has 1 aliphatic heterocycles. The topological polar surface area (TPSA) is 15.3 Å². The highest BCUT2D eigenvalue weighted by Crippen LogP contribution is 2.30. The molecule has 2 atom stereocenters. The van der Waals surface area contributed by atoms with Crippen LogP contribution in [0.1, 0.15) is 32.6 Å². The molecule has 0 bridgehead atoms. The van der Waals surface area contributed by atoms with Gasteiger partial charge >= 0.3 is 0 Å². The third-order valence-electron chi connectivity index (χ3n) is 3.91. The first-order valence-electron chi connectivity index (χ1n) is 6.69. The largest absolute Gasteiger partial charge is 0.312 e. The van der Waals surface area contributed by atoms with Crippen molar-refractivity contribution in [1.82, 2.24) is 10.2 Å². The van der Waals surface area contributed by atoms with Crippen molar-refractivity contribution in [3.05, 3.63) is 0 Å². The summed E-state index contributed by atoms with van der Waals surface area (Å²) in [6.45, 7) is 6.72. The van der Waals surface area contributed by atoms with E-state index in [0.717, 1.165) is 24.9 Å². The van der Waals surface area contributed by atoms with Gasteiger partial charge in [0.15, 0.2) is 0 Å². The second-order valence-corrected chi connectivity index (χ2v) is 5.52. The average molecular weight is 220 g/mol. The van der Waals surface area contributed by atoms with Crippen molar-refractivity contribution in [3.63, 3.8) is 0 Å². The number of rotatable bonds is 5. The number of hydrogen-bond acceptors (Lipinski definition) is 2. The number of terminal acetylenes is 1. The fourth-order valence-corrected chi connectivity index (χ4v) is 2.63. The van der Waals surface area contributed by atoms with Crippen LogP contribution in [0.25, 0.3) is 0 Å². The highest BCUT2D eigenvalue weighted by molar-refractivity contribution is 4.92.